The Morgan fingerprint density at radius 1 is 1.30 bits per heavy atom. The number of hydrogen-bond acceptors (Lipinski definition) is 6. The Labute approximate surface area is 177 Å². The van der Waals surface area contributed by atoms with Crippen LogP contribution in [0.4, 0.5) is 5.69 Å². The first kappa shape index (κ1) is 21.5. The van der Waals surface area contributed by atoms with Crippen LogP contribution in [0.5, 0.6) is 5.75 Å². The third kappa shape index (κ3) is 4.69. The van der Waals surface area contributed by atoms with Crippen LogP contribution in [-0.4, -0.2) is 53.4 Å². The molecule has 1 aromatic carbocycles. The van der Waals surface area contributed by atoms with E-state index in [1.165, 1.54) is 6.20 Å². The summed E-state index contributed by atoms with van der Waals surface area (Å²) in [5, 5.41) is 0. The molecule has 1 aliphatic rings. The fourth-order valence-corrected chi connectivity index (χ4v) is 3.86. The number of rotatable bonds is 8. The van der Waals surface area contributed by atoms with E-state index < -0.39 is 5.91 Å². The van der Waals surface area contributed by atoms with Crippen molar-refractivity contribution in [3.63, 3.8) is 0 Å². The second-order valence-corrected chi connectivity index (χ2v) is 7.36. The molecule has 1 fully saturated rings. The van der Waals surface area contributed by atoms with Gasteiger partial charge in [-0.1, -0.05) is 0 Å². The summed E-state index contributed by atoms with van der Waals surface area (Å²) in [6.07, 6.45) is 3.60. The predicted molar refractivity (Wildman–Crippen MR) is 114 cm³/mol. The van der Waals surface area contributed by atoms with Crippen LogP contribution in [0, 0.1) is 6.92 Å². The number of ether oxygens (including phenoxy) is 1. The van der Waals surface area contributed by atoms with Crippen LogP contribution in [0.25, 0.3) is 0 Å². The number of carbonyl (C=O) groups is 2. The van der Waals surface area contributed by atoms with Gasteiger partial charge < -0.3 is 20.3 Å². The molecule has 0 saturated carbocycles. The highest BCUT2D eigenvalue weighted by atomic mass is 16.5. The first-order valence-corrected chi connectivity index (χ1v) is 10.3. The van der Waals surface area contributed by atoms with Crippen LogP contribution in [0.2, 0.25) is 0 Å². The first-order chi connectivity index (χ1) is 14.4. The van der Waals surface area contributed by atoms with E-state index in [4.69, 9.17) is 10.5 Å². The van der Waals surface area contributed by atoms with Crippen LogP contribution in [0.15, 0.2) is 30.5 Å². The minimum Gasteiger partial charge on any atom is -0.497 e. The smallest absolute Gasteiger partial charge is 0.252 e. The Morgan fingerprint density at radius 3 is 2.63 bits per heavy atom. The maximum absolute atomic E-state index is 13.0. The Hall–Kier alpha value is -3.16. The molecular formula is C22H29N5O3. The molecule has 2 aromatic rings. The van der Waals surface area contributed by atoms with E-state index in [-0.39, 0.29) is 11.9 Å². The molecule has 1 aromatic heterocycles. The van der Waals surface area contributed by atoms with Crippen molar-refractivity contribution in [1.82, 2.24) is 14.9 Å². The summed E-state index contributed by atoms with van der Waals surface area (Å²) in [6.45, 7) is 5.94. The summed E-state index contributed by atoms with van der Waals surface area (Å²) >= 11 is 0. The third-order valence-corrected chi connectivity index (χ3v) is 5.55. The number of nitrogens with two attached hydrogens (primary N) is 1. The second kappa shape index (κ2) is 9.56. The highest BCUT2D eigenvalue weighted by Crippen LogP contribution is 2.31. The maximum atomic E-state index is 13.0. The van der Waals surface area contributed by atoms with Gasteiger partial charge in [0.1, 0.15) is 5.75 Å². The lowest BCUT2D eigenvalue weighted by Crippen LogP contribution is -2.35. The van der Waals surface area contributed by atoms with E-state index in [2.05, 4.69) is 21.8 Å². The number of methoxy groups -OCH3 is 1. The molecule has 1 saturated heterocycles. The van der Waals surface area contributed by atoms with E-state index in [9.17, 15) is 9.59 Å². The molecule has 1 unspecified atom stereocenters. The number of aryl methyl sites for hydroxylation is 1. The molecule has 8 nitrogen and oxygen atoms in total. The lowest BCUT2D eigenvalue weighted by molar-refractivity contribution is -0.132. The molecule has 8 heteroatoms. The van der Waals surface area contributed by atoms with Crippen LogP contribution >= 0.6 is 0 Å². The zero-order chi connectivity index (χ0) is 21.7. The second-order valence-electron chi connectivity index (χ2n) is 7.36. The SMILES string of the molecule is CCN(CCC(=O)N1CCCC1c1ncc(C(N)=O)c(C)n1)c1ccc(OC)cc1. The molecule has 160 valence electrons. The Kier molecular flexibility index (Phi) is 6.87. The van der Waals surface area contributed by atoms with E-state index >= 15 is 0 Å². The van der Waals surface area contributed by atoms with Gasteiger partial charge in [0, 0.05) is 37.9 Å². The van der Waals surface area contributed by atoms with Crippen LogP contribution in [0.1, 0.15) is 54.1 Å². The average molecular weight is 412 g/mol. The lowest BCUT2D eigenvalue weighted by atomic mass is 10.1. The summed E-state index contributed by atoms with van der Waals surface area (Å²) in [5.41, 5.74) is 7.26. The summed E-state index contributed by atoms with van der Waals surface area (Å²) in [7, 11) is 1.64. The van der Waals surface area contributed by atoms with Gasteiger partial charge in [0.05, 0.1) is 24.4 Å². The van der Waals surface area contributed by atoms with Crippen molar-refractivity contribution in [1.29, 1.82) is 0 Å². The van der Waals surface area contributed by atoms with Gasteiger partial charge in [0.15, 0.2) is 5.82 Å². The van der Waals surface area contributed by atoms with Gasteiger partial charge in [0.25, 0.3) is 5.91 Å². The van der Waals surface area contributed by atoms with Crippen molar-refractivity contribution in [2.45, 2.75) is 39.2 Å². The first-order valence-electron chi connectivity index (χ1n) is 10.3. The van der Waals surface area contributed by atoms with Crippen molar-refractivity contribution in [3.8, 4) is 5.75 Å². The maximum Gasteiger partial charge on any atom is 0.252 e. The number of anilines is 1. The standard InChI is InChI=1S/C22H29N5O3/c1-4-26(16-7-9-17(30-3)10-8-16)13-11-20(28)27-12-5-6-19(27)22-24-14-18(21(23)29)15(2)25-22/h7-10,14,19H,4-6,11-13H2,1-3H3,(H2,23,29). The molecule has 2 amide bonds. The molecular weight excluding hydrogens is 382 g/mol. The summed E-state index contributed by atoms with van der Waals surface area (Å²) in [6, 6.07) is 7.69. The monoisotopic (exact) mass is 411 g/mol. The number of likely N-dealkylation sites (tertiary alicyclic amines) is 1. The number of aromatic nitrogens is 2. The summed E-state index contributed by atoms with van der Waals surface area (Å²) < 4.78 is 5.21. The minimum atomic E-state index is -0.545. The van der Waals surface area contributed by atoms with Crippen molar-refractivity contribution in [2.75, 3.05) is 31.6 Å². The number of primary amides is 1. The average Bonchev–Trinajstić information content (AvgIpc) is 3.24. The predicted octanol–water partition coefficient (Wildman–Crippen LogP) is 2.47. The lowest BCUT2D eigenvalue weighted by Gasteiger charge is -2.27. The number of benzene rings is 1. The van der Waals surface area contributed by atoms with Gasteiger partial charge in [-0.3, -0.25) is 9.59 Å². The molecule has 3 rings (SSSR count). The quantitative estimate of drug-likeness (QED) is 0.716. The van der Waals surface area contributed by atoms with Crippen LogP contribution in [-0.2, 0) is 4.79 Å². The minimum absolute atomic E-state index is 0.0877. The molecule has 30 heavy (non-hydrogen) atoms. The van der Waals surface area contributed by atoms with Gasteiger partial charge in [-0.05, 0) is 51.0 Å². The van der Waals surface area contributed by atoms with Crippen molar-refractivity contribution >= 4 is 17.5 Å². The molecule has 0 bridgehead atoms. The number of hydrogen-bond donors (Lipinski definition) is 1. The number of amides is 2. The molecule has 2 heterocycles. The van der Waals surface area contributed by atoms with Gasteiger partial charge in [-0.2, -0.15) is 0 Å². The van der Waals surface area contributed by atoms with Gasteiger partial charge in [-0.25, -0.2) is 9.97 Å². The van der Waals surface area contributed by atoms with Crippen molar-refractivity contribution in [3.05, 3.63) is 47.5 Å². The molecule has 0 radical (unpaired) electrons. The highest BCUT2D eigenvalue weighted by Gasteiger charge is 2.32. The fourth-order valence-electron chi connectivity index (χ4n) is 3.86. The van der Waals surface area contributed by atoms with E-state index in [0.29, 0.717) is 36.6 Å². The normalized spacial score (nSPS) is 15.8. The Bertz CT molecular complexity index is 900. The highest BCUT2D eigenvalue weighted by molar-refractivity contribution is 5.93. The molecule has 0 spiro atoms. The van der Waals surface area contributed by atoms with E-state index in [1.807, 2.05) is 29.2 Å². The van der Waals surface area contributed by atoms with Crippen molar-refractivity contribution in [2.24, 2.45) is 5.73 Å². The number of nitrogens with zero attached hydrogens (tertiary/aromatic N) is 4. The van der Waals surface area contributed by atoms with Crippen molar-refractivity contribution < 1.29 is 14.3 Å². The van der Waals surface area contributed by atoms with Gasteiger partial charge in [-0.15, -0.1) is 0 Å². The molecule has 1 aliphatic heterocycles. The largest absolute Gasteiger partial charge is 0.497 e. The van der Waals surface area contributed by atoms with Crippen LogP contribution in [0.3, 0.4) is 0 Å². The topological polar surface area (TPSA) is 102 Å². The Morgan fingerprint density at radius 2 is 2.03 bits per heavy atom. The zero-order valence-electron chi connectivity index (χ0n) is 17.8. The third-order valence-electron chi connectivity index (χ3n) is 5.55. The van der Waals surface area contributed by atoms with E-state index in [0.717, 1.165) is 30.8 Å². The summed E-state index contributed by atoms with van der Waals surface area (Å²) in [5.74, 6) is 0.926. The Balaban J connectivity index is 1.66. The molecule has 2 N–H and O–H groups in total. The zero-order valence-corrected chi connectivity index (χ0v) is 17.8. The number of carbonyl (C=O) groups excluding carboxylic acids is 2. The molecule has 0 aliphatic carbocycles. The fraction of sp³-hybridized carbons (Fsp3) is 0.455. The van der Waals surface area contributed by atoms with E-state index in [1.54, 1.807) is 14.0 Å². The van der Waals surface area contributed by atoms with Crippen LogP contribution < -0.4 is 15.4 Å². The molecule has 1 atom stereocenters. The summed E-state index contributed by atoms with van der Waals surface area (Å²) in [4.78, 5) is 37.2. The van der Waals surface area contributed by atoms with Gasteiger partial charge in [0.2, 0.25) is 5.91 Å². The van der Waals surface area contributed by atoms with Gasteiger partial charge >= 0.3 is 0 Å².